The number of anilines is 2. The van der Waals surface area contributed by atoms with E-state index in [1.807, 2.05) is 94.9 Å². The molecule has 2 fully saturated rings. The maximum absolute atomic E-state index is 14.1. The van der Waals surface area contributed by atoms with Gasteiger partial charge < -0.3 is 29.2 Å². The molecule has 52 heavy (non-hydrogen) atoms. The number of piperidine rings is 1. The summed E-state index contributed by atoms with van der Waals surface area (Å²) < 4.78 is 15.1. The fourth-order valence-electron chi connectivity index (χ4n) is 6.51. The van der Waals surface area contributed by atoms with E-state index in [0.717, 1.165) is 35.2 Å². The van der Waals surface area contributed by atoms with E-state index in [0.29, 0.717) is 48.4 Å². The van der Waals surface area contributed by atoms with E-state index in [2.05, 4.69) is 17.4 Å². The molecule has 1 saturated heterocycles. The first kappa shape index (κ1) is 35.2. The lowest BCUT2D eigenvalue weighted by Gasteiger charge is -2.36. The largest absolute Gasteiger partial charge is 0.444 e. The third kappa shape index (κ3) is 7.99. The summed E-state index contributed by atoms with van der Waals surface area (Å²) in [7, 11) is 0. The van der Waals surface area contributed by atoms with Gasteiger partial charge in [-0.15, -0.1) is 0 Å². The van der Waals surface area contributed by atoms with Crippen LogP contribution in [0.5, 0.6) is 0 Å². The molecule has 1 aliphatic carbocycles. The van der Waals surface area contributed by atoms with Crippen LogP contribution in [0.3, 0.4) is 0 Å². The molecule has 13 heteroatoms. The van der Waals surface area contributed by atoms with Crippen molar-refractivity contribution in [3.05, 3.63) is 78.4 Å². The van der Waals surface area contributed by atoms with E-state index in [4.69, 9.17) is 24.5 Å². The van der Waals surface area contributed by atoms with Gasteiger partial charge in [0.15, 0.2) is 5.65 Å². The van der Waals surface area contributed by atoms with Crippen LogP contribution in [-0.4, -0.2) is 83.1 Å². The van der Waals surface area contributed by atoms with Gasteiger partial charge in [0.1, 0.15) is 28.5 Å². The monoisotopic (exact) mass is 708 g/mol. The minimum Gasteiger partial charge on any atom is -0.444 e. The highest BCUT2D eigenvalue weighted by molar-refractivity contribution is 5.88. The number of amides is 2. The number of ether oxygens (including phenoxy) is 2. The number of rotatable bonds is 8. The first-order valence-corrected chi connectivity index (χ1v) is 18.0. The van der Waals surface area contributed by atoms with Crippen LogP contribution in [0.25, 0.3) is 22.4 Å². The second-order valence-corrected chi connectivity index (χ2v) is 15.9. The van der Waals surface area contributed by atoms with Crippen molar-refractivity contribution in [1.82, 2.24) is 28.9 Å². The number of hydrogen-bond donors (Lipinski definition) is 2. The number of imidazole rings is 1. The molecule has 7 rings (SSSR count). The smallest absolute Gasteiger partial charge is 0.416 e. The minimum absolute atomic E-state index is 0.121. The number of benzene rings is 1. The van der Waals surface area contributed by atoms with Gasteiger partial charge in [0.2, 0.25) is 0 Å². The highest BCUT2D eigenvalue weighted by Crippen LogP contribution is 2.42. The van der Waals surface area contributed by atoms with Gasteiger partial charge in [0, 0.05) is 43.0 Å². The van der Waals surface area contributed by atoms with Gasteiger partial charge in [-0.25, -0.2) is 19.6 Å². The number of nitrogens with one attached hydrogen (secondary N) is 1. The number of aliphatic hydroxyl groups excluding tert-OH is 1. The Hall–Kier alpha value is -5.17. The van der Waals surface area contributed by atoms with Crippen molar-refractivity contribution in [2.24, 2.45) is 5.92 Å². The predicted molar refractivity (Wildman–Crippen MR) is 198 cm³/mol. The summed E-state index contributed by atoms with van der Waals surface area (Å²) in [4.78, 5) is 39.7. The van der Waals surface area contributed by atoms with Crippen LogP contribution >= 0.6 is 0 Å². The number of fused-ring (bicyclic) bond motifs is 2. The Morgan fingerprint density at radius 1 is 0.962 bits per heavy atom. The minimum atomic E-state index is -0.750. The van der Waals surface area contributed by atoms with Gasteiger partial charge in [-0.05, 0) is 90.0 Å². The lowest BCUT2D eigenvalue weighted by molar-refractivity contribution is -0.0104. The van der Waals surface area contributed by atoms with Crippen LogP contribution in [0, 0.1) is 5.92 Å². The number of carbonyl (C=O) groups excluding carboxylic acids is 2. The van der Waals surface area contributed by atoms with Crippen molar-refractivity contribution >= 4 is 35.1 Å². The van der Waals surface area contributed by atoms with Crippen LogP contribution in [0.1, 0.15) is 78.0 Å². The molecular weight excluding hydrogens is 660 g/mol. The van der Waals surface area contributed by atoms with Gasteiger partial charge >= 0.3 is 12.2 Å². The van der Waals surface area contributed by atoms with Gasteiger partial charge in [-0.2, -0.15) is 9.61 Å². The molecule has 5 aromatic rings. The van der Waals surface area contributed by atoms with E-state index >= 15 is 0 Å². The number of likely N-dealkylation sites (tertiary alicyclic amines) is 1. The molecule has 5 heterocycles. The Morgan fingerprint density at radius 2 is 1.71 bits per heavy atom. The second-order valence-electron chi connectivity index (χ2n) is 15.9. The predicted octanol–water partition coefficient (Wildman–Crippen LogP) is 6.89. The summed E-state index contributed by atoms with van der Waals surface area (Å²) in [5, 5.41) is 19.2. The lowest BCUT2D eigenvalue weighted by Crippen LogP contribution is -2.49. The van der Waals surface area contributed by atoms with E-state index < -0.39 is 29.5 Å². The zero-order valence-corrected chi connectivity index (χ0v) is 30.7. The molecule has 1 aromatic carbocycles. The molecule has 2 aliphatic rings. The van der Waals surface area contributed by atoms with Gasteiger partial charge in [-0.1, -0.05) is 30.3 Å². The maximum atomic E-state index is 14.1. The van der Waals surface area contributed by atoms with Crippen molar-refractivity contribution in [1.29, 1.82) is 0 Å². The molecule has 0 spiro atoms. The number of hydrogen-bond acceptors (Lipinski definition) is 9. The molecule has 1 aliphatic heterocycles. The molecular formula is C39H48N8O5. The quantitative estimate of drug-likeness (QED) is 0.176. The Morgan fingerprint density at radius 3 is 2.40 bits per heavy atom. The molecule has 274 valence electrons. The number of aliphatic hydroxyl groups is 1. The van der Waals surface area contributed by atoms with Crippen LogP contribution in [0.2, 0.25) is 0 Å². The number of carbonyl (C=O) groups is 2. The zero-order chi connectivity index (χ0) is 36.8. The van der Waals surface area contributed by atoms with E-state index in [-0.39, 0.29) is 19.0 Å². The third-order valence-electron chi connectivity index (χ3n) is 9.24. The van der Waals surface area contributed by atoms with E-state index in [1.54, 1.807) is 20.4 Å². The van der Waals surface area contributed by atoms with E-state index in [1.165, 1.54) is 0 Å². The highest BCUT2D eigenvalue weighted by atomic mass is 16.6. The van der Waals surface area contributed by atoms with Crippen molar-refractivity contribution in [3.63, 3.8) is 0 Å². The molecule has 4 aromatic heterocycles. The first-order valence-electron chi connectivity index (χ1n) is 18.0. The Balaban J connectivity index is 1.18. The third-order valence-corrected chi connectivity index (χ3v) is 9.24. The number of pyridine rings is 1. The van der Waals surface area contributed by atoms with Crippen LogP contribution in [0.15, 0.2) is 67.1 Å². The summed E-state index contributed by atoms with van der Waals surface area (Å²) >= 11 is 0. The van der Waals surface area contributed by atoms with Crippen molar-refractivity contribution < 1.29 is 24.2 Å². The summed E-state index contributed by atoms with van der Waals surface area (Å²) in [6, 6.07) is 16.0. The summed E-state index contributed by atoms with van der Waals surface area (Å²) in [6.45, 7) is 12.2. The van der Waals surface area contributed by atoms with Crippen molar-refractivity contribution in [2.75, 3.05) is 29.9 Å². The Bertz CT molecular complexity index is 2080. The Kier molecular flexibility index (Phi) is 9.32. The molecule has 1 saturated carbocycles. The summed E-state index contributed by atoms with van der Waals surface area (Å²) in [5.74, 6) is 1.26. The van der Waals surface area contributed by atoms with Gasteiger partial charge in [-0.3, -0.25) is 4.90 Å². The number of aromatic nitrogens is 5. The highest BCUT2D eigenvalue weighted by Gasteiger charge is 2.34. The standard InChI is InChI=1S/C39H48N8O5/c1-38(2,3)51-36(49)45-17-15-28(31(48)24-45)20-40-32-19-34(47-35(43-32)30(21-41-47)26-12-13-26)46(37(50)52-39(4,5)6)23-29-22-44-16-14-27(18-33(44)42-29)25-10-8-7-9-11-25/h7-11,14,16,18-19,21-22,26,28,31,48H,12-13,15,17,20,23-24H2,1-6H3,(H,40,43)/t28-,31+/m1/s1. The number of nitrogens with zero attached hydrogens (tertiary/aromatic N) is 7. The van der Waals surface area contributed by atoms with Crippen LogP contribution in [-0.2, 0) is 16.0 Å². The average molecular weight is 709 g/mol. The Labute approximate surface area is 303 Å². The zero-order valence-electron chi connectivity index (χ0n) is 30.7. The van der Waals surface area contributed by atoms with Crippen LogP contribution < -0.4 is 10.2 Å². The summed E-state index contributed by atoms with van der Waals surface area (Å²) in [6.07, 6.45) is 6.72. The average Bonchev–Trinajstić information content (AvgIpc) is 3.70. The fourth-order valence-corrected chi connectivity index (χ4v) is 6.51. The van der Waals surface area contributed by atoms with Crippen molar-refractivity contribution in [3.8, 4) is 11.1 Å². The molecule has 0 bridgehead atoms. The fraction of sp³-hybridized carbons (Fsp3) is 0.462. The number of β-amino-alcohol motifs (C(OH)–C–C–N with tert-alkyl or cyclic N) is 1. The molecule has 0 radical (unpaired) electrons. The molecule has 13 nitrogen and oxygen atoms in total. The SMILES string of the molecule is CC(C)(C)OC(=O)N1CC[C@H](CNc2cc(N(Cc3cn4ccc(-c5ccccc5)cc4n3)C(=O)OC(C)(C)C)n3ncc(C4CC4)c3n2)[C@@H](O)C1. The molecule has 2 amide bonds. The molecule has 0 unspecified atom stereocenters. The lowest BCUT2D eigenvalue weighted by atomic mass is 9.94. The molecule has 2 atom stereocenters. The topological polar surface area (TPSA) is 139 Å². The van der Waals surface area contributed by atoms with Crippen molar-refractivity contribution in [2.45, 2.75) is 90.6 Å². The van der Waals surface area contributed by atoms with Crippen LogP contribution in [0.4, 0.5) is 21.2 Å². The second kappa shape index (κ2) is 13.8. The van der Waals surface area contributed by atoms with E-state index in [9.17, 15) is 14.7 Å². The normalized spacial score (nSPS) is 18.1. The molecule has 2 N–H and O–H groups in total. The van der Waals surface area contributed by atoms with Gasteiger partial charge in [0.05, 0.1) is 31.1 Å². The summed E-state index contributed by atoms with van der Waals surface area (Å²) in [5.41, 5.74) is 3.90. The van der Waals surface area contributed by atoms with Gasteiger partial charge in [0.25, 0.3) is 0 Å². The maximum Gasteiger partial charge on any atom is 0.416 e. The first-order chi connectivity index (χ1) is 24.7.